The molecule has 106 valence electrons. The van der Waals surface area contributed by atoms with E-state index < -0.39 is 0 Å². The third-order valence-corrected chi connectivity index (χ3v) is 4.11. The molecule has 0 aromatic heterocycles. The fourth-order valence-corrected chi connectivity index (χ4v) is 2.86. The Morgan fingerprint density at radius 2 is 1.06 bits per heavy atom. The van der Waals surface area contributed by atoms with Crippen LogP contribution in [0.2, 0.25) is 0 Å². The predicted octanol–water partition coefficient (Wildman–Crippen LogP) is 1.90. The third kappa shape index (κ3) is 4.19. The van der Waals surface area contributed by atoms with Crippen molar-refractivity contribution < 1.29 is 9.47 Å². The summed E-state index contributed by atoms with van der Waals surface area (Å²) < 4.78 is 11.6. The molecule has 2 rings (SSSR count). The van der Waals surface area contributed by atoms with Crippen molar-refractivity contribution in [3.63, 3.8) is 0 Å². The smallest absolute Gasteiger partial charge is 0.107 e. The van der Waals surface area contributed by atoms with Gasteiger partial charge in [0.1, 0.15) is 12.5 Å². The van der Waals surface area contributed by atoms with E-state index in [1.807, 2.05) is 0 Å². The average molecular weight is 256 g/mol. The molecule has 4 nitrogen and oxygen atoms in total. The SMILES string of the molecule is CC(OCCOC(C)N1CCCC1)N1CCCC1. The molecule has 0 aromatic carbocycles. The van der Waals surface area contributed by atoms with Crippen LogP contribution in [0.25, 0.3) is 0 Å². The van der Waals surface area contributed by atoms with E-state index in [-0.39, 0.29) is 12.5 Å². The lowest BCUT2D eigenvalue weighted by Gasteiger charge is -2.26. The molecular weight excluding hydrogens is 228 g/mol. The van der Waals surface area contributed by atoms with Gasteiger partial charge in [-0.2, -0.15) is 0 Å². The maximum Gasteiger partial charge on any atom is 0.107 e. The van der Waals surface area contributed by atoms with Gasteiger partial charge in [0.05, 0.1) is 13.2 Å². The Kier molecular flexibility index (Phi) is 5.89. The first-order valence-electron chi connectivity index (χ1n) is 7.48. The lowest BCUT2D eigenvalue weighted by atomic mass is 10.4. The van der Waals surface area contributed by atoms with E-state index in [9.17, 15) is 0 Å². The van der Waals surface area contributed by atoms with Crippen LogP contribution in [-0.4, -0.2) is 61.6 Å². The van der Waals surface area contributed by atoms with E-state index in [1.54, 1.807) is 0 Å². The fraction of sp³-hybridized carbons (Fsp3) is 1.00. The number of ether oxygens (including phenoxy) is 2. The van der Waals surface area contributed by atoms with E-state index in [4.69, 9.17) is 9.47 Å². The summed E-state index contributed by atoms with van der Waals surface area (Å²) in [6.07, 6.45) is 5.76. The average Bonchev–Trinajstić information content (AvgIpc) is 3.05. The summed E-state index contributed by atoms with van der Waals surface area (Å²) in [6, 6.07) is 0. The summed E-state index contributed by atoms with van der Waals surface area (Å²) in [5.74, 6) is 0. The number of likely N-dealkylation sites (tertiary alicyclic amines) is 2. The van der Waals surface area contributed by atoms with Gasteiger partial charge in [-0.05, 0) is 39.5 Å². The molecule has 0 bridgehead atoms. The normalized spacial score (nSPS) is 25.7. The van der Waals surface area contributed by atoms with Crippen molar-refractivity contribution in [3.05, 3.63) is 0 Å². The summed E-state index contributed by atoms with van der Waals surface area (Å²) in [5, 5.41) is 0. The van der Waals surface area contributed by atoms with Crippen molar-refractivity contribution in [3.8, 4) is 0 Å². The van der Waals surface area contributed by atoms with Crippen molar-refractivity contribution in [2.75, 3.05) is 39.4 Å². The van der Waals surface area contributed by atoms with Crippen LogP contribution in [0.3, 0.4) is 0 Å². The van der Waals surface area contributed by atoms with E-state index >= 15 is 0 Å². The third-order valence-electron chi connectivity index (χ3n) is 4.11. The second-order valence-electron chi connectivity index (χ2n) is 5.43. The Morgan fingerprint density at radius 3 is 1.39 bits per heavy atom. The minimum absolute atomic E-state index is 0.248. The Bertz CT molecular complexity index is 202. The number of rotatable bonds is 7. The Morgan fingerprint density at radius 1 is 0.722 bits per heavy atom. The van der Waals surface area contributed by atoms with Crippen molar-refractivity contribution in [1.82, 2.24) is 9.80 Å². The Hall–Kier alpha value is -0.160. The minimum atomic E-state index is 0.248. The molecular formula is C14H28N2O2. The first-order chi connectivity index (χ1) is 8.77. The van der Waals surface area contributed by atoms with E-state index in [0.717, 1.165) is 0 Å². The molecule has 2 aliphatic rings. The van der Waals surface area contributed by atoms with Crippen LogP contribution >= 0.6 is 0 Å². The zero-order chi connectivity index (χ0) is 12.8. The van der Waals surface area contributed by atoms with Gasteiger partial charge in [-0.1, -0.05) is 0 Å². The summed E-state index contributed by atoms with van der Waals surface area (Å²) >= 11 is 0. The molecule has 4 heteroatoms. The predicted molar refractivity (Wildman–Crippen MR) is 72.4 cm³/mol. The van der Waals surface area contributed by atoms with Gasteiger partial charge in [0.15, 0.2) is 0 Å². The van der Waals surface area contributed by atoms with Gasteiger partial charge in [0.2, 0.25) is 0 Å². The van der Waals surface area contributed by atoms with Crippen molar-refractivity contribution in [2.24, 2.45) is 0 Å². The molecule has 18 heavy (non-hydrogen) atoms. The van der Waals surface area contributed by atoms with Gasteiger partial charge >= 0.3 is 0 Å². The van der Waals surface area contributed by atoms with Crippen molar-refractivity contribution in [1.29, 1.82) is 0 Å². The topological polar surface area (TPSA) is 24.9 Å². The van der Waals surface area contributed by atoms with E-state index in [1.165, 1.54) is 51.9 Å². The molecule has 0 saturated carbocycles. The lowest BCUT2D eigenvalue weighted by Crippen LogP contribution is -2.35. The zero-order valence-corrected chi connectivity index (χ0v) is 11.9. The monoisotopic (exact) mass is 256 g/mol. The van der Waals surface area contributed by atoms with Crippen molar-refractivity contribution >= 4 is 0 Å². The van der Waals surface area contributed by atoms with Crippen LogP contribution in [0.15, 0.2) is 0 Å². The van der Waals surface area contributed by atoms with E-state index in [0.29, 0.717) is 13.2 Å². The summed E-state index contributed by atoms with van der Waals surface area (Å²) in [4.78, 5) is 4.81. The van der Waals surface area contributed by atoms with Gasteiger partial charge in [-0.25, -0.2) is 0 Å². The maximum absolute atomic E-state index is 5.82. The number of hydrogen-bond donors (Lipinski definition) is 0. The van der Waals surface area contributed by atoms with Crippen LogP contribution in [0.5, 0.6) is 0 Å². The summed E-state index contributed by atoms with van der Waals surface area (Å²) in [6.45, 7) is 10.5. The van der Waals surface area contributed by atoms with Gasteiger partial charge < -0.3 is 9.47 Å². The Labute approximate surface area is 111 Å². The standard InChI is InChI=1S/C14H28N2O2/c1-13(15-7-3-4-8-15)17-11-12-18-14(2)16-9-5-6-10-16/h13-14H,3-12H2,1-2H3. The van der Waals surface area contributed by atoms with Crippen LogP contribution in [0, 0.1) is 0 Å². The van der Waals surface area contributed by atoms with Gasteiger partial charge in [-0.3, -0.25) is 9.80 Å². The van der Waals surface area contributed by atoms with Gasteiger partial charge in [0, 0.05) is 26.2 Å². The number of hydrogen-bond acceptors (Lipinski definition) is 4. The Balaban J connectivity index is 1.52. The molecule has 2 fully saturated rings. The molecule has 2 unspecified atom stereocenters. The minimum Gasteiger partial charge on any atom is -0.361 e. The van der Waals surface area contributed by atoms with Crippen LogP contribution in [0.4, 0.5) is 0 Å². The molecule has 2 atom stereocenters. The first kappa shape index (κ1) is 14.3. The second-order valence-corrected chi connectivity index (χ2v) is 5.43. The number of nitrogens with zero attached hydrogens (tertiary/aromatic N) is 2. The maximum atomic E-state index is 5.82. The zero-order valence-electron chi connectivity index (χ0n) is 11.9. The molecule has 2 saturated heterocycles. The molecule has 0 amide bonds. The molecule has 0 radical (unpaired) electrons. The highest BCUT2D eigenvalue weighted by Gasteiger charge is 2.19. The van der Waals surface area contributed by atoms with Gasteiger partial charge in [-0.15, -0.1) is 0 Å². The molecule has 2 heterocycles. The lowest BCUT2D eigenvalue weighted by molar-refractivity contribution is -0.0921. The fourth-order valence-electron chi connectivity index (χ4n) is 2.86. The molecule has 0 N–H and O–H groups in total. The first-order valence-corrected chi connectivity index (χ1v) is 7.48. The van der Waals surface area contributed by atoms with Gasteiger partial charge in [0.25, 0.3) is 0 Å². The van der Waals surface area contributed by atoms with Crippen LogP contribution < -0.4 is 0 Å². The molecule has 0 aromatic rings. The van der Waals surface area contributed by atoms with Crippen molar-refractivity contribution in [2.45, 2.75) is 52.0 Å². The highest BCUT2D eigenvalue weighted by molar-refractivity contribution is 4.68. The highest BCUT2D eigenvalue weighted by Crippen LogP contribution is 2.13. The summed E-state index contributed by atoms with van der Waals surface area (Å²) in [7, 11) is 0. The molecule has 0 spiro atoms. The second kappa shape index (κ2) is 7.43. The largest absolute Gasteiger partial charge is 0.361 e. The summed E-state index contributed by atoms with van der Waals surface area (Å²) in [5.41, 5.74) is 0. The van der Waals surface area contributed by atoms with E-state index in [2.05, 4.69) is 23.6 Å². The van der Waals surface area contributed by atoms with Crippen LogP contribution in [0.1, 0.15) is 39.5 Å². The quantitative estimate of drug-likeness (QED) is 0.650. The van der Waals surface area contributed by atoms with Crippen LogP contribution in [-0.2, 0) is 9.47 Å². The molecule has 0 aliphatic carbocycles. The molecule has 2 aliphatic heterocycles. The highest BCUT2D eigenvalue weighted by atomic mass is 16.5.